The summed E-state index contributed by atoms with van der Waals surface area (Å²) >= 11 is 0. The summed E-state index contributed by atoms with van der Waals surface area (Å²) in [5.74, 6) is -0.257. The highest BCUT2D eigenvalue weighted by Gasteiger charge is 2.11. The summed E-state index contributed by atoms with van der Waals surface area (Å²) in [4.78, 5) is 11.6. The molecule has 0 bridgehead atoms. The molecule has 1 aromatic heterocycles. The molecule has 7 nitrogen and oxygen atoms in total. The molecule has 0 aliphatic heterocycles. The number of nitrogens with two attached hydrogens (primary N) is 1. The number of nitrogens with zero attached hydrogens (tertiary/aromatic N) is 3. The first kappa shape index (κ1) is 12.6. The van der Waals surface area contributed by atoms with E-state index in [1.807, 2.05) is 6.92 Å². The van der Waals surface area contributed by atoms with Gasteiger partial charge < -0.3 is 15.8 Å². The van der Waals surface area contributed by atoms with E-state index in [1.54, 1.807) is 13.3 Å². The molecule has 0 spiro atoms. The number of amides is 1. The van der Waals surface area contributed by atoms with Crippen molar-refractivity contribution < 1.29 is 9.53 Å². The van der Waals surface area contributed by atoms with Gasteiger partial charge >= 0.3 is 0 Å². The number of aromatic nitrogens is 3. The summed E-state index contributed by atoms with van der Waals surface area (Å²) in [6.45, 7) is 3.32. The van der Waals surface area contributed by atoms with Crippen LogP contribution in [0.1, 0.15) is 17.4 Å². The van der Waals surface area contributed by atoms with Crippen LogP contribution < -0.4 is 11.1 Å². The van der Waals surface area contributed by atoms with Gasteiger partial charge in [0.1, 0.15) is 0 Å². The second-order valence-corrected chi connectivity index (χ2v) is 3.41. The number of nitrogens with one attached hydrogen (secondary N) is 1. The minimum Gasteiger partial charge on any atom is -0.380 e. The molecule has 0 saturated heterocycles. The summed E-state index contributed by atoms with van der Waals surface area (Å²) in [5.41, 5.74) is 5.65. The Morgan fingerprint density at radius 2 is 2.50 bits per heavy atom. The van der Waals surface area contributed by atoms with E-state index in [1.165, 1.54) is 4.68 Å². The summed E-state index contributed by atoms with van der Waals surface area (Å²) < 4.78 is 6.54. The maximum absolute atomic E-state index is 11.6. The molecule has 1 unspecified atom stereocenters. The summed E-state index contributed by atoms with van der Waals surface area (Å²) in [7, 11) is 1.59. The highest BCUT2D eigenvalue weighted by atomic mass is 16.5. The molecule has 1 aromatic rings. The van der Waals surface area contributed by atoms with Crippen molar-refractivity contribution in [3.63, 3.8) is 0 Å². The average Bonchev–Trinajstić information content (AvgIpc) is 2.74. The lowest BCUT2D eigenvalue weighted by atomic mass is 10.3. The van der Waals surface area contributed by atoms with Gasteiger partial charge in [0.05, 0.1) is 18.8 Å². The average molecular weight is 227 g/mol. The second kappa shape index (κ2) is 6.19. The Labute approximate surface area is 93.9 Å². The van der Waals surface area contributed by atoms with Crippen LogP contribution in [0.5, 0.6) is 0 Å². The van der Waals surface area contributed by atoms with Gasteiger partial charge in [0, 0.05) is 20.2 Å². The molecule has 0 radical (unpaired) electrons. The number of carbonyl (C=O) groups excluding carboxylic acids is 1. The van der Waals surface area contributed by atoms with Gasteiger partial charge in [-0.2, -0.15) is 0 Å². The molecule has 0 aromatic carbocycles. The number of carbonyl (C=O) groups is 1. The van der Waals surface area contributed by atoms with Gasteiger partial charge in [-0.25, -0.2) is 0 Å². The first-order valence-electron chi connectivity index (χ1n) is 5.08. The van der Waals surface area contributed by atoms with Gasteiger partial charge in [0.2, 0.25) is 0 Å². The van der Waals surface area contributed by atoms with E-state index in [2.05, 4.69) is 15.6 Å². The topological polar surface area (TPSA) is 95.1 Å². The highest BCUT2D eigenvalue weighted by molar-refractivity contribution is 5.91. The minimum atomic E-state index is -0.257. The summed E-state index contributed by atoms with van der Waals surface area (Å²) in [5, 5.41) is 10.2. The van der Waals surface area contributed by atoms with Crippen LogP contribution in [-0.4, -0.2) is 47.2 Å². The van der Waals surface area contributed by atoms with Crippen molar-refractivity contribution in [3.8, 4) is 0 Å². The van der Waals surface area contributed by atoms with Crippen LogP contribution in [0.25, 0.3) is 0 Å². The van der Waals surface area contributed by atoms with E-state index in [4.69, 9.17) is 10.5 Å². The quantitative estimate of drug-likeness (QED) is 0.650. The van der Waals surface area contributed by atoms with Crippen molar-refractivity contribution in [1.29, 1.82) is 0 Å². The van der Waals surface area contributed by atoms with Crippen molar-refractivity contribution in [2.24, 2.45) is 5.73 Å². The number of ether oxygens (including phenoxy) is 1. The molecule has 0 aliphatic rings. The van der Waals surface area contributed by atoms with Gasteiger partial charge in [0.15, 0.2) is 5.69 Å². The number of methoxy groups -OCH3 is 1. The Balaban J connectivity index is 2.46. The monoisotopic (exact) mass is 227 g/mol. The van der Waals surface area contributed by atoms with Crippen LogP contribution in [0.2, 0.25) is 0 Å². The van der Waals surface area contributed by atoms with Crippen LogP contribution in [0, 0.1) is 0 Å². The SMILES string of the molecule is COC(C)CNC(=O)c1cn(CCN)nn1. The van der Waals surface area contributed by atoms with Crippen molar-refractivity contribution >= 4 is 5.91 Å². The van der Waals surface area contributed by atoms with Gasteiger partial charge in [-0.05, 0) is 6.92 Å². The fraction of sp³-hybridized carbons (Fsp3) is 0.667. The zero-order valence-electron chi connectivity index (χ0n) is 9.51. The zero-order chi connectivity index (χ0) is 12.0. The maximum atomic E-state index is 11.6. The molecule has 1 atom stereocenters. The number of hydrogen-bond acceptors (Lipinski definition) is 5. The van der Waals surface area contributed by atoms with E-state index in [0.717, 1.165) is 0 Å². The van der Waals surface area contributed by atoms with Crippen LogP contribution >= 0.6 is 0 Å². The van der Waals surface area contributed by atoms with E-state index in [9.17, 15) is 4.79 Å². The van der Waals surface area contributed by atoms with Crippen molar-refractivity contribution in [2.75, 3.05) is 20.2 Å². The molecule has 1 amide bonds. The van der Waals surface area contributed by atoms with Gasteiger partial charge in [-0.15, -0.1) is 5.10 Å². The minimum absolute atomic E-state index is 0.0250. The zero-order valence-corrected chi connectivity index (χ0v) is 9.51. The van der Waals surface area contributed by atoms with Crippen molar-refractivity contribution in [2.45, 2.75) is 19.6 Å². The summed E-state index contributed by atoms with van der Waals surface area (Å²) in [6.07, 6.45) is 1.54. The second-order valence-electron chi connectivity index (χ2n) is 3.41. The van der Waals surface area contributed by atoms with Gasteiger partial charge in [-0.1, -0.05) is 5.21 Å². The van der Waals surface area contributed by atoms with Crippen LogP contribution in [0.3, 0.4) is 0 Å². The largest absolute Gasteiger partial charge is 0.380 e. The number of hydrogen-bond donors (Lipinski definition) is 2. The fourth-order valence-corrected chi connectivity index (χ4v) is 1.05. The maximum Gasteiger partial charge on any atom is 0.273 e. The Bertz CT molecular complexity index is 338. The Morgan fingerprint density at radius 3 is 3.12 bits per heavy atom. The highest BCUT2D eigenvalue weighted by Crippen LogP contribution is 1.93. The normalized spacial score (nSPS) is 12.4. The molecule has 7 heteroatoms. The first-order valence-corrected chi connectivity index (χ1v) is 5.08. The lowest BCUT2D eigenvalue weighted by Gasteiger charge is -2.09. The van der Waals surface area contributed by atoms with Crippen molar-refractivity contribution in [1.82, 2.24) is 20.3 Å². The molecule has 16 heavy (non-hydrogen) atoms. The third-order valence-corrected chi connectivity index (χ3v) is 2.08. The predicted octanol–water partition coefficient (Wildman–Crippen LogP) is -0.998. The smallest absolute Gasteiger partial charge is 0.273 e. The van der Waals surface area contributed by atoms with Crippen LogP contribution in [-0.2, 0) is 11.3 Å². The third-order valence-electron chi connectivity index (χ3n) is 2.08. The predicted molar refractivity (Wildman–Crippen MR) is 57.9 cm³/mol. The van der Waals surface area contributed by atoms with Crippen molar-refractivity contribution in [3.05, 3.63) is 11.9 Å². The van der Waals surface area contributed by atoms with Crippen LogP contribution in [0.4, 0.5) is 0 Å². The summed E-state index contributed by atoms with van der Waals surface area (Å²) in [6, 6.07) is 0. The number of rotatable bonds is 6. The van der Waals surface area contributed by atoms with Gasteiger partial charge in [-0.3, -0.25) is 9.48 Å². The lowest BCUT2D eigenvalue weighted by Crippen LogP contribution is -2.31. The van der Waals surface area contributed by atoms with Crippen LogP contribution in [0.15, 0.2) is 6.20 Å². The molecule has 3 N–H and O–H groups in total. The molecule has 0 fully saturated rings. The van der Waals surface area contributed by atoms with E-state index < -0.39 is 0 Å². The standard InChI is InChI=1S/C9H17N5O2/c1-7(16-2)5-11-9(15)8-6-14(4-3-10)13-12-8/h6-7H,3-5,10H2,1-2H3,(H,11,15). The molecule has 1 heterocycles. The Morgan fingerprint density at radius 1 is 1.75 bits per heavy atom. The van der Waals surface area contributed by atoms with E-state index >= 15 is 0 Å². The fourth-order valence-electron chi connectivity index (χ4n) is 1.05. The van der Waals surface area contributed by atoms with E-state index in [0.29, 0.717) is 19.6 Å². The molecular weight excluding hydrogens is 210 g/mol. The first-order chi connectivity index (χ1) is 7.67. The molecule has 0 aliphatic carbocycles. The Kier molecular flexibility index (Phi) is 4.87. The van der Waals surface area contributed by atoms with E-state index in [-0.39, 0.29) is 17.7 Å². The molecule has 90 valence electrons. The lowest BCUT2D eigenvalue weighted by molar-refractivity contribution is 0.0866. The molecule has 0 saturated carbocycles. The Hall–Kier alpha value is -1.47. The molecule has 1 rings (SSSR count). The third kappa shape index (κ3) is 3.59. The molecular formula is C9H17N5O2. The van der Waals surface area contributed by atoms with Gasteiger partial charge in [0.25, 0.3) is 5.91 Å².